The van der Waals surface area contributed by atoms with E-state index < -0.39 is 17.6 Å². The Labute approximate surface area is 196 Å². The van der Waals surface area contributed by atoms with Gasteiger partial charge in [-0.3, -0.25) is 38.5 Å². The van der Waals surface area contributed by atoms with Crippen LogP contribution in [0.5, 0.6) is 0 Å². The Hall–Kier alpha value is -3.47. The lowest BCUT2D eigenvalue weighted by atomic mass is 10.1. The fourth-order valence-corrected chi connectivity index (χ4v) is 4.44. The summed E-state index contributed by atoms with van der Waals surface area (Å²) in [6.45, 7) is 6.39. The summed E-state index contributed by atoms with van der Waals surface area (Å²) in [6, 6.07) is 4.44. The van der Waals surface area contributed by atoms with Crippen molar-refractivity contribution in [3.8, 4) is 0 Å². The summed E-state index contributed by atoms with van der Waals surface area (Å²) in [5.41, 5.74) is 0.817. The van der Waals surface area contributed by atoms with Crippen molar-refractivity contribution in [2.75, 3.05) is 31.1 Å². The van der Waals surface area contributed by atoms with Crippen molar-refractivity contribution in [3.05, 3.63) is 28.7 Å². The van der Waals surface area contributed by atoms with E-state index in [4.69, 9.17) is 4.74 Å². The van der Waals surface area contributed by atoms with Crippen LogP contribution in [0.3, 0.4) is 0 Å². The summed E-state index contributed by atoms with van der Waals surface area (Å²) in [5.74, 6) is -1.38. The minimum Gasteiger partial charge on any atom is -0.459 e. The molecule has 1 N–H and O–H groups in total. The van der Waals surface area contributed by atoms with E-state index in [9.17, 15) is 24.0 Å². The average Bonchev–Trinajstić information content (AvgIpc) is 2.97. The van der Waals surface area contributed by atoms with Gasteiger partial charge in [0.2, 0.25) is 17.7 Å². The van der Waals surface area contributed by atoms with Gasteiger partial charge in [-0.25, -0.2) is 4.79 Å². The number of imide groups is 1. The molecule has 2 fully saturated rings. The lowest BCUT2D eigenvalue weighted by molar-refractivity contribution is -0.156. The van der Waals surface area contributed by atoms with Crippen LogP contribution in [0.2, 0.25) is 0 Å². The van der Waals surface area contributed by atoms with Gasteiger partial charge in [0.15, 0.2) is 0 Å². The number of piperidine rings is 1. The standard InChI is InChI=1S/C23H29N5O6/c1-23(2,3)34-20(31)13-26-9-10-27(19(30)12-26)14-5-6-15-17(11-14)25(4)22(33)28(15)16-7-8-18(29)24-21(16)32/h5-6,11,16H,7-10,12-13H2,1-4H3,(H,24,29,32). The number of hydrogen-bond acceptors (Lipinski definition) is 7. The molecule has 3 heterocycles. The van der Waals surface area contributed by atoms with Gasteiger partial charge in [0, 0.05) is 32.2 Å². The molecule has 2 aromatic rings. The number of aromatic nitrogens is 2. The predicted octanol–water partition coefficient (Wildman–Crippen LogP) is 0.308. The summed E-state index contributed by atoms with van der Waals surface area (Å²) in [7, 11) is 1.61. The summed E-state index contributed by atoms with van der Waals surface area (Å²) < 4.78 is 8.18. The molecule has 1 aromatic carbocycles. The SMILES string of the molecule is Cn1c(=O)n(C2CCC(=O)NC2=O)c2ccc(N3CCN(CC(=O)OC(C)(C)C)CC3=O)cc21. The average molecular weight is 472 g/mol. The van der Waals surface area contributed by atoms with E-state index >= 15 is 0 Å². The monoisotopic (exact) mass is 471 g/mol. The van der Waals surface area contributed by atoms with Gasteiger partial charge < -0.3 is 9.64 Å². The number of benzene rings is 1. The molecule has 182 valence electrons. The molecule has 0 spiro atoms. The van der Waals surface area contributed by atoms with Gasteiger partial charge in [-0.1, -0.05) is 0 Å². The van der Waals surface area contributed by atoms with Crippen LogP contribution in [0.25, 0.3) is 11.0 Å². The molecule has 3 amide bonds. The predicted molar refractivity (Wildman–Crippen MR) is 123 cm³/mol. The van der Waals surface area contributed by atoms with Gasteiger partial charge in [0.25, 0.3) is 0 Å². The molecule has 0 radical (unpaired) electrons. The summed E-state index contributed by atoms with van der Waals surface area (Å²) in [4.78, 5) is 65.1. The van der Waals surface area contributed by atoms with Gasteiger partial charge >= 0.3 is 11.7 Å². The second-order valence-electron chi connectivity index (χ2n) is 9.69. The van der Waals surface area contributed by atoms with Crippen molar-refractivity contribution in [2.45, 2.75) is 45.3 Å². The number of anilines is 1. The van der Waals surface area contributed by atoms with Crippen LogP contribution in [0.4, 0.5) is 5.69 Å². The van der Waals surface area contributed by atoms with Crippen LogP contribution < -0.4 is 15.9 Å². The van der Waals surface area contributed by atoms with Crippen LogP contribution in [0, 0.1) is 0 Å². The van der Waals surface area contributed by atoms with Crippen molar-refractivity contribution in [3.63, 3.8) is 0 Å². The van der Waals surface area contributed by atoms with E-state index in [0.717, 1.165) is 0 Å². The highest BCUT2D eigenvalue weighted by molar-refractivity contribution is 6.00. The number of hydrogen-bond donors (Lipinski definition) is 1. The molecular formula is C23H29N5O6. The largest absolute Gasteiger partial charge is 0.459 e. The Balaban J connectivity index is 1.54. The highest BCUT2D eigenvalue weighted by atomic mass is 16.6. The Bertz CT molecular complexity index is 1240. The zero-order valence-electron chi connectivity index (χ0n) is 19.8. The minimum absolute atomic E-state index is 0.0409. The summed E-state index contributed by atoms with van der Waals surface area (Å²) >= 11 is 0. The first-order chi connectivity index (χ1) is 15.9. The number of nitrogens with one attached hydrogen (secondary N) is 1. The third kappa shape index (κ3) is 4.60. The van der Waals surface area contributed by atoms with Crippen molar-refractivity contribution >= 4 is 40.4 Å². The number of rotatable bonds is 4. The number of carbonyl (C=O) groups is 4. The van der Waals surface area contributed by atoms with Crippen LogP contribution in [0.1, 0.15) is 39.7 Å². The van der Waals surface area contributed by atoms with Gasteiger partial charge in [-0.2, -0.15) is 0 Å². The molecule has 0 bridgehead atoms. The number of ether oxygens (including phenoxy) is 1. The number of esters is 1. The molecule has 2 aliphatic rings. The number of aryl methyl sites for hydroxylation is 1. The van der Waals surface area contributed by atoms with E-state index in [2.05, 4.69) is 5.32 Å². The number of nitrogens with zero attached hydrogens (tertiary/aromatic N) is 4. The van der Waals surface area contributed by atoms with Gasteiger partial charge in [0.05, 0.1) is 24.1 Å². The smallest absolute Gasteiger partial charge is 0.329 e. The Morgan fingerprint density at radius 2 is 1.85 bits per heavy atom. The number of carbonyl (C=O) groups excluding carboxylic acids is 4. The van der Waals surface area contributed by atoms with Crippen LogP contribution in [-0.2, 0) is 31.0 Å². The van der Waals surface area contributed by atoms with Crippen molar-refractivity contribution in [2.24, 2.45) is 7.05 Å². The summed E-state index contributed by atoms with van der Waals surface area (Å²) in [5, 5.41) is 2.29. The first kappa shape index (κ1) is 23.7. The fourth-order valence-electron chi connectivity index (χ4n) is 4.44. The second-order valence-corrected chi connectivity index (χ2v) is 9.69. The molecule has 1 unspecified atom stereocenters. The Morgan fingerprint density at radius 1 is 1.12 bits per heavy atom. The van der Waals surface area contributed by atoms with Crippen LogP contribution >= 0.6 is 0 Å². The molecule has 1 aromatic heterocycles. The lowest BCUT2D eigenvalue weighted by Crippen LogP contribution is -2.52. The fraction of sp³-hybridized carbons (Fsp3) is 0.522. The van der Waals surface area contributed by atoms with Crippen molar-refractivity contribution < 1.29 is 23.9 Å². The summed E-state index contributed by atoms with van der Waals surface area (Å²) in [6.07, 6.45) is 0.420. The molecule has 11 heteroatoms. The zero-order valence-corrected chi connectivity index (χ0v) is 19.8. The Morgan fingerprint density at radius 3 is 2.50 bits per heavy atom. The van der Waals surface area contributed by atoms with Gasteiger partial charge in [0.1, 0.15) is 11.6 Å². The molecule has 11 nitrogen and oxygen atoms in total. The van der Waals surface area contributed by atoms with E-state index in [1.54, 1.807) is 55.8 Å². The highest BCUT2D eigenvalue weighted by Crippen LogP contribution is 2.27. The first-order valence-corrected chi connectivity index (χ1v) is 11.2. The molecule has 2 aliphatic heterocycles. The zero-order chi connectivity index (χ0) is 24.8. The van der Waals surface area contributed by atoms with Crippen molar-refractivity contribution in [1.29, 1.82) is 0 Å². The maximum Gasteiger partial charge on any atom is 0.329 e. The normalized spacial score (nSPS) is 20.1. The van der Waals surface area contributed by atoms with E-state index in [-0.39, 0.29) is 49.4 Å². The van der Waals surface area contributed by atoms with Crippen LogP contribution in [0.15, 0.2) is 23.0 Å². The molecule has 34 heavy (non-hydrogen) atoms. The minimum atomic E-state index is -0.766. The quantitative estimate of drug-likeness (QED) is 0.503. The van der Waals surface area contributed by atoms with E-state index in [0.29, 0.717) is 29.8 Å². The van der Waals surface area contributed by atoms with Crippen LogP contribution in [-0.4, -0.2) is 69.5 Å². The van der Waals surface area contributed by atoms with E-state index in [1.165, 1.54) is 9.13 Å². The number of imidazole rings is 1. The maximum absolute atomic E-state index is 12.9. The molecule has 0 saturated carbocycles. The highest BCUT2D eigenvalue weighted by Gasteiger charge is 2.32. The second kappa shape index (κ2) is 8.71. The first-order valence-electron chi connectivity index (χ1n) is 11.2. The third-order valence-corrected chi connectivity index (χ3v) is 5.98. The Kier molecular flexibility index (Phi) is 6.07. The molecule has 0 aliphatic carbocycles. The van der Waals surface area contributed by atoms with Gasteiger partial charge in [-0.05, 0) is 45.4 Å². The number of amides is 3. The maximum atomic E-state index is 12.9. The topological polar surface area (TPSA) is 123 Å². The van der Waals surface area contributed by atoms with E-state index in [1.807, 2.05) is 0 Å². The number of fused-ring (bicyclic) bond motifs is 1. The van der Waals surface area contributed by atoms with Crippen molar-refractivity contribution in [1.82, 2.24) is 19.4 Å². The number of piperazine rings is 1. The molecule has 2 saturated heterocycles. The molecule has 1 atom stereocenters. The molecular weight excluding hydrogens is 442 g/mol. The van der Waals surface area contributed by atoms with Gasteiger partial charge in [-0.15, -0.1) is 0 Å². The lowest BCUT2D eigenvalue weighted by Gasteiger charge is -2.34. The third-order valence-electron chi connectivity index (χ3n) is 5.98. The molecule has 4 rings (SSSR count).